The summed E-state index contributed by atoms with van der Waals surface area (Å²) < 4.78 is 1.53. The minimum Gasteiger partial charge on any atom is -0.392 e. The molecule has 0 spiro atoms. The molecule has 0 aromatic carbocycles. The van der Waals surface area contributed by atoms with E-state index in [4.69, 9.17) is 17.3 Å². The lowest BCUT2D eigenvalue weighted by Crippen LogP contribution is -2.23. The summed E-state index contributed by atoms with van der Waals surface area (Å²) in [5, 5.41) is 0.0918. The van der Waals surface area contributed by atoms with Crippen LogP contribution in [0.5, 0.6) is 0 Å². The Morgan fingerprint density at radius 2 is 1.94 bits per heavy atom. The number of hydrogen-bond acceptors (Lipinski definition) is 3. The summed E-state index contributed by atoms with van der Waals surface area (Å²) in [6.07, 6.45) is 8.60. The topological polar surface area (TPSA) is 60.9 Å². The lowest BCUT2D eigenvalue weighted by Gasteiger charge is -2.06. The molecular formula is C12H20ClN3O. The second-order valence-corrected chi connectivity index (χ2v) is 4.57. The first-order valence-corrected chi connectivity index (χ1v) is 6.55. The number of rotatable bonds is 7. The van der Waals surface area contributed by atoms with Crippen LogP contribution in [-0.4, -0.2) is 9.55 Å². The van der Waals surface area contributed by atoms with E-state index in [1.54, 1.807) is 0 Å². The summed E-state index contributed by atoms with van der Waals surface area (Å²) in [5.41, 5.74) is 5.33. The van der Waals surface area contributed by atoms with Gasteiger partial charge in [-0.3, -0.25) is 9.36 Å². The highest BCUT2D eigenvalue weighted by molar-refractivity contribution is 6.31. The van der Waals surface area contributed by atoms with Gasteiger partial charge in [0.25, 0.3) is 5.56 Å². The van der Waals surface area contributed by atoms with Crippen LogP contribution in [0.15, 0.2) is 11.1 Å². The molecule has 0 aliphatic rings. The van der Waals surface area contributed by atoms with Crippen molar-refractivity contribution in [3.8, 4) is 0 Å². The fourth-order valence-electron chi connectivity index (χ4n) is 1.71. The van der Waals surface area contributed by atoms with Gasteiger partial charge in [0.15, 0.2) is 5.15 Å². The molecule has 0 saturated heterocycles. The van der Waals surface area contributed by atoms with Crippen LogP contribution in [0.2, 0.25) is 5.15 Å². The van der Waals surface area contributed by atoms with E-state index in [0.717, 1.165) is 12.8 Å². The second-order valence-electron chi connectivity index (χ2n) is 4.22. The van der Waals surface area contributed by atoms with Crippen LogP contribution in [0.4, 0.5) is 5.69 Å². The van der Waals surface area contributed by atoms with E-state index in [-0.39, 0.29) is 16.4 Å². The summed E-state index contributed by atoms with van der Waals surface area (Å²) in [6, 6.07) is 0. The Kier molecular flexibility index (Phi) is 6.05. The fourth-order valence-corrected chi connectivity index (χ4v) is 1.83. The van der Waals surface area contributed by atoms with Crippen molar-refractivity contribution in [2.75, 3.05) is 5.73 Å². The largest absolute Gasteiger partial charge is 0.392 e. The summed E-state index contributed by atoms with van der Waals surface area (Å²) in [4.78, 5) is 15.5. The molecule has 0 aliphatic carbocycles. The Bertz CT molecular complexity index is 403. The Morgan fingerprint density at radius 3 is 2.65 bits per heavy atom. The van der Waals surface area contributed by atoms with E-state index in [1.807, 2.05) is 0 Å². The van der Waals surface area contributed by atoms with E-state index < -0.39 is 0 Å². The zero-order valence-electron chi connectivity index (χ0n) is 10.3. The van der Waals surface area contributed by atoms with E-state index in [1.165, 1.54) is 36.6 Å². The van der Waals surface area contributed by atoms with Gasteiger partial charge in [-0.2, -0.15) is 0 Å². The Morgan fingerprint density at radius 1 is 1.29 bits per heavy atom. The normalized spacial score (nSPS) is 10.7. The maximum Gasteiger partial charge on any atom is 0.278 e. The average molecular weight is 258 g/mol. The number of aryl methyl sites for hydroxylation is 1. The number of nitrogens with zero attached hydrogens (tertiary/aromatic N) is 2. The number of hydrogen-bond donors (Lipinski definition) is 1. The highest BCUT2D eigenvalue weighted by Gasteiger charge is 2.05. The van der Waals surface area contributed by atoms with Gasteiger partial charge in [-0.1, -0.05) is 50.6 Å². The lowest BCUT2D eigenvalue weighted by atomic mass is 10.1. The van der Waals surface area contributed by atoms with Crippen molar-refractivity contribution in [3.05, 3.63) is 21.8 Å². The summed E-state index contributed by atoms with van der Waals surface area (Å²) in [6.45, 7) is 2.86. The Balaban J connectivity index is 2.37. The molecule has 1 aromatic rings. The summed E-state index contributed by atoms with van der Waals surface area (Å²) in [7, 11) is 0. The molecule has 0 atom stereocenters. The minimum absolute atomic E-state index is 0.0418. The van der Waals surface area contributed by atoms with Gasteiger partial charge in [-0.15, -0.1) is 0 Å². The van der Waals surface area contributed by atoms with Crippen LogP contribution >= 0.6 is 11.6 Å². The molecule has 0 bridgehead atoms. The molecule has 5 heteroatoms. The molecule has 0 aliphatic heterocycles. The molecule has 4 nitrogen and oxygen atoms in total. The molecule has 1 rings (SSSR count). The van der Waals surface area contributed by atoms with E-state index in [2.05, 4.69) is 11.9 Å². The quantitative estimate of drug-likeness (QED) is 0.604. The average Bonchev–Trinajstić information content (AvgIpc) is 2.33. The molecule has 0 amide bonds. The van der Waals surface area contributed by atoms with Gasteiger partial charge in [-0.05, 0) is 6.42 Å². The molecule has 1 heterocycles. The monoisotopic (exact) mass is 257 g/mol. The number of halogens is 1. The third-order valence-corrected chi connectivity index (χ3v) is 3.08. The summed E-state index contributed by atoms with van der Waals surface area (Å²) in [5.74, 6) is 0. The maximum absolute atomic E-state index is 11.7. The van der Waals surface area contributed by atoms with Crippen LogP contribution in [0.1, 0.15) is 45.4 Å². The van der Waals surface area contributed by atoms with Gasteiger partial charge in [0, 0.05) is 6.54 Å². The molecule has 0 radical (unpaired) electrons. The van der Waals surface area contributed by atoms with Crippen molar-refractivity contribution in [1.29, 1.82) is 0 Å². The van der Waals surface area contributed by atoms with Crippen molar-refractivity contribution in [1.82, 2.24) is 9.55 Å². The van der Waals surface area contributed by atoms with Gasteiger partial charge in [0.2, 0.25) is 0 Å². The molecule has 0 unspecified atom stereocenters. The van der Waals surface area contributed by atoms with Gasteiger partial charge >= 0.3 is 0 Å². The fraction of sp³-hybridized carbons (Fsp3) is 0.667. The Labute approximate surface area is 107 Å². The molecule has 1 aromatic heterocycles. The first-order chi connectivity index (χ1) is 8.16. The van der Waals surface area contributed by atoms with Gasteiger partial charge in [0.05, 0.1) is 6.33 Å². The number of nitrogen functional groups attached to an aromatic ring is 1. The van der Waals surface area contributed by atoms with Crippen molar-refractivity contribution in [2.45, 2.75) is 52.0 Å². The SMILES string of the molecule is CCCCCCCCn1cnc(Cl)c(N)c1=O. The molecule has 0 saturated carbocycles. The van der Waals surface area contributed by atoms with Crippen LogP contribution in [0.25, 0.3) is 0 Å². The van der Waals surface area contributed by atoms with Crippen molar-refractivity contribution in [3.63, 3.8) is 0 Å². The van der Waals surface area contributed by atoms with E-state index in [9.17, 15) is 4.79 Å². The molecule has 0 fully saturated rings. The predicted octanol–water partition coefficient (Wildman–Crippen LogP) is 2.84. The molecule has 96 valence electrons. The smallest absolute Gasteiger partial charge is 0.278 e. The predicted molar refractivity (Wildman–Crippen MR) is 71.3 cm³/mol. The van der Waals surface area contributed by atoms with Crippen molar-refractivity contribution >= 4 is 17.3 Å². The molecule has 2 N–H and O–H groups in total. The maximum atomic E-state index is 11.7. The van der Waals surface area contributed by atoms with Crippen LogP contribution in [-0.2, 0) is 6.54 Å². The number of anilines is 1. The second kappa shape index (κ2) is 7.33. The van der Waals surface area contributed by atoms with Gasteiger partial charge < -0.3 is 5.73 Å². The third-order valence-electron chi connectivity index (χ3n) is 2.78. The van der Waals surface area contributed by atoms with Crippen LogP contribution in [0, 0.1) is 0 Å². The Hall–Kier alpha value is -1.03. The number of unbranched alkanes of at least 4 members (excludes halogenated alkanes) is 5. The van der Waals surface area contributed by atoms with E-state index in [0.29, 0.717) is 6.54 Å². The first-order valence-electron chi connectivity index (χ1n) is 6.17. The third kappa shape index (κ3) is 4.38. The van der Waals surface area contributed by atoms with Gasteiger partial charge in [0.1, 0.15) is 5.69 Å². The van der Waals surface area contributed by atoms with E-state index >= 15 is 0 Å². The first kappa shape index (κ1) is 14.0. The van der Waals surface area contributed by atoms with Gasteiger partial charge in [-0.25, -0.2) is 4.98 Å². The van der Waals surface area contributed by atoms with Crippen molar-refractivity contribution < 1.29 is 0 Å². The minimum atomic E-state index is -0.237. The molecule has 17 heavy (non-hydrogen) atoms. The zero-order valence-corrected chi connectivity index (χ0v) is 11.0. The zero-order chi connectivity index (χ0) is 12.7. The van der Waals surface area contributed by atoms with Crippen LogP contribution in [0.3, 0.4) is 0 Å². The van der Waals surface area contributed by atoms with Crippen LogP contribution < -0.4 is 11.3 Å². The standard InChI is InChI=1S/C12H20ClN3O/c1-2-3-4-5-6-7-8-16-9-15-11(13)10(14)12(16)17/h9H,2-8,14H2,1H3. The van der Waals surface area contributed by atoms with Crippen molar-refractivity contribution in [2.24, 2.45) is 0 Å². The number of nitrogens with two attached hydrogens (primary N) is 1. The number of aromatic nitrogens is 2. The summed E-state index contributed by atoms with van der Waals surface area (Å²) >= 11 is 5.66. The highest BCUT2D eigenvalue weighted by Crippen LogP contribution is 2.09. The molecular weight excluding hydrogens is 238 g/mol. The highest BCUT2D eigenvalue weighted by atomic mass is 35.5. The lowest BCUT2D eigenvalue weighted by molar-refractivity contribution is 0.546.